The summed E-state index contributed by atoms with van der Waals surface area (Å²) >= 11 is 0. The summed E-state index contributed by atoms with van der Waals surface area (Å²) in [5.74, 6) is 0. The monoisotopic (exact) mass is 228 g/mol. The van der Waals surface area contributed by atoms with E-state index in [4.69, 9.17) is 5.26 Å². The molecule has 0 bridgehead atoms. The molecule has 0 aromatic heterocycles. The van der Waals surface area contributed by atoms with Crippen LogP contribution in [-0.2, 0) is 5.41 Å². The van der Waals surface area contributed by atoms with Crippen LogP contribution in [-0.4, -0.2) is 6.54 Å². The minimum absolute atomic E-state index is 0.0923. The molecule has 1 saturated carbocycles. The number of nitrogens with zero attached hydrogens (tertiary/aromatic N) is 1. The van der Waals surface area contributed by atoms with Crippen LogP contribution in [0.1, 0.15) is 39.2 Å². The molecule has 0 spiro atoms. The highest BCUT2D eigenvalue weighted by Gasteiger charge is 2.43. The van der Waals surface area contributed by atoms with Crippen molar-refractivity contribution in [3.8, 4) is 6.07 Å². The first-order chi connectivity index (χ1) is 7.97. The van der Waals surface area contributed by atoms with E-state index in [9.17, 15) is 0 Å². The second kappa shape index (κ2) is 4.07. The van der Waals surface area contributed by atoms with Crippen molar-refractivity contribution in [1.29, 1.82) is 5.26 Å². The summed E-state index contributed by atoms with van der Waals surface area (Å²) in [6, 6.07) is 10.8. The van der Waals surface area contributed by atoms with E-state index in [0.717, 1.165) is 19.4 Å². The van der Waals surface area contributed by atoms with Crippen LogP contribution in [0.4, 0.5) is 5.69 Å². The molecule has 0 saturated heterocycles. The third-order valence-corrected chi connectivity index (χ3v) is 3.44. The van der Waals surface area contributed by atoms with Crippen molar-refractivity contribution in [3.05, 3.63) is 29.8 Å². The van der Waals surface area contributed by atoms with Gasteiger partial charge in [-0.15, -0.1) is 0 Å². The Balaban J connectivity index is 2.14. The first-order valence-electron chi connectivity index (χ1n) is 6.22. The smallest absolute Gasteiger partial charge is 0.0747 e. The summed E-state index contributed by atoms with van der Waals surface area (Å²) < 4.78 is 0. The maximum Gasteiger partial charge on any atom is 0.0747 e. The molecule has 1 aliphatic carbocycles. The number of anilines is 1. The largest absolute Gasteiger partial charge is 0.383 e. The maximum atomic E-state index is 9.07. The third-order valence-electron chi connectivity index (χ3n) is 3.44. The lowest BCUT2D eigenvalue weighted by molar-refractivity contribution is 0.590. The van der Waals surface area contributed by atoms with E-state index in [1.807, 2.05) is 6.07 Å². The predicted molar refractivity (Wildman–Crippen MR) is 70.9 cm³/mol. The van der Waals surface area contributed by atoms with Gasteiger partial charge in [0.15, 0.2) is 0 Å². The van der Waals surface area contributed by atoms with Gasteiger partial charge < -0.3 is 5.32 Å². The highest BCUT2D eigenvalue weighted by Crippen LogP contribution is 2.45. The lowest BCUT2D eigenvalue weighted by Gasteiger charge is -2.24. The zero-order chi connectivity index (χ0) is 12.5. The number of para-hydroxylation sites is 1. The maximum absolute atomic E-state index is 9.07. The number of hydrogen-bond acceptors (Lipinski definition) is 2. The highest BCUT2D eigenvalue weighted by atomic mass is 14.9. The van der Waals surface area contributed by atoms with Gasteiger partial charge in [0.05, 0.1) is 11.5 Å². The molecule has 1 aliphatic rings. The molecule has 0 aliphatic heterocycles. The van der Waals surface area contributed by atoms with E-state index in [1.54, 1.807) is 0 Å². The van der Waals surface area contributed by atoms with Crippen molar-refractivity contribution >= 4 is 5.69 Å². The average Bonchev–Trinajstić information content (AvgIpc) is 3.06. The van der Waals surface area contributed by atoms with Gasteiger partial charge in [0, 0.05) is 12.2 Å². The fourth-order valence-corrected chi connectivity index (χ4v) is 2.03. The molecule has 1 aromatic rings. The zero-order valence-electron chi connectivity index (χ0n) is 10.9. The first-order valence-corrected chi connectivity index (χ1v) is 6.22. The van der Waals surface area contributed by atoms with Gasteiger partial charge in [-0.1, -0.05) is 39.0 Å². The Morgan fingerprint density at radius 1 is 1.29 bits per heavy atom. The zero-order valence-corrected chi connectivity index (χ0v) is 10.9. The molecule has 0 unspecified atom stereocenters. The summed E-state index contributed by atoms with van der Waals surface area (Å²) in [4.78, 5) is 0. The van der Waals surface area contributed by atoms with Gasteiger partial charge >= 0.3 is 0 Å². The molecule has 1 fully saturated rings. The molecular weight excluding hydrogens is 208 g/mol. The van der Waals surface area contributed by atoms with Gasteiger partial charge in [0.2, 0.25) is 0 Å². The Hall–Kier alpha value is -1.49. The Bertz CT molecular complexity index is 445. The number of hydrogen-bond donors (Lipinski definition) is 1. The van der Waals surface area contributed by atoms with Crippen LogP contribution in [0.2, 0.25) is 0 Å². The van der Waals surface area contributed by atoms with Crippen LogP contribution >= 0.6 is 0 Å². The van der Waals surface area contributed by atoms with Crippen LogP contribution in [0.3, 0.4) is 0 Å². The minimum Gasteiger partial charge on any atom is -0.383 e. The van der Waals surface area contributed by atoms with Crippen LogP contribution in [0.25, 0.3) is 0 Å². The molecule has 0 atom stereocenters. The van der Waals surface area contributed by atoms with E-state index in [2.05, 4.69) is 50.4 Å². The average molecular weight is 228 g/mol. The molecule has 0 radical (unpaired) electrons. The molecule has 2 rings (SSSR count). The van der Waals surface area contributed by atoms with Crippen molar-refractivity contribution in [2.45, 2.75) is 39.0 Å². The Morgan fingerprint density at radius 3 is 2.47 bits per heavy atom. The standard InChI is InChI=1S/C15H20N2/c1-14(2,3)12-6-4-5-7-13(12)17-11-15(10-16)8-9-15/h4-7,17H,8-9,11H2,1-3H3. The first kappa shape index (κ1) is 12.0. The SMILES string of the molecule is CC(C)(C)c1ccccc1NCC1(C#N)CC1. The second-order valence-electron chi connectivity index (χ2n) is 6.04. The number of rotatable bonds is 3. The lowest BCUT2D eigenvalue weighted by atomic mass is 9.85. The van der Waals surface area contributed by atoms with Gasteiger partial charge in [-0.05, 0) is 29.9 Å². The highest BCUT2D eigenvalue weighted by molar-refractivity contribution is 5.54. The van der Waals surface area contributed by atoms with Gasteiger partial charge in [-0.3, -0.25) is 0 Å². The topological polar surface area (TPSA) is 35.8 Å². The lowest BCUT2D eigenvalue weighted by Crippen LogP contribution is -2.18. The molecule has 2 nitrogen and oxygen atoms in total. The van der Waals surface area contributed by atoms with Crippen LogP contribution < -0.4 is 5.32 Å². The summed E-state index contributed by atoms with van der Waals surface area (Å²) in [6.07, 6.45) is 2.07. The van der Waals surface area contributed by atoms with E-state index in [1.165, 1.54) is 11.3 Å². The van der Waals surface area contributed by atoms with Crippen LogP contribution in [0, 0.1) is 16.7 Å². The van der Waals surface area contributed by atoms with Gasteiger partial charge in [0.25, 0.3) is 0 Å². The Kier molecular flexibility index (Phi) is 2.87. The van der Waals surface area contributed by atoms with Gasteiger partial charge in [-0.2, -0.15) is 5.26 Å². The normalized spacial score (nSPS) is 17.3. The van der Waals surface area contributed by atoms with Crippen LogP contribution in [0.15, 0.2) is 24.3 Å². The third kappa shape index (κ3) is 2.61. The predicted octanol–water partition coefficient (Wildman–Crippen LogP) is 3.70. The van der Waals surface area contributed by atoms with Crippen molar-refractivity contribution in [2.24, 2.45) is 5.41 Å². The van der Waals surface area contributed by atoms with Crippen molar-refractivity contribution in [3.63, 3.8) is 0 Å². The van der Waals surface area contributed by atoms with E-state index in [0.29, 0.717) is 0 Å². The van der Waals surface area contributed by atoms with E-state index in [-0.39, 0.29) is 10.8 Å². The Labute approximate surface area is 104 Å². The molecule has 0 heterocycles. The van der Waals surface area contributed by atoms with Crippen molar-refractivity contribution in [2.75, 3.05) is 11.9 Å². The summed E-state index contributed by atoms with van der Waals surface area (Å²) in [5, 5.41) is 12.5. The van der Waals surface area contributed by atoms with Crippen molar-refractivity contribution in [1.82, 2.24) is 0 Å². The van der Waals surface area contributed by atoms with Crippen molar-refractivity contribution < 1.29 is 0 Å². The molecule has 2 heteroatoms. The second-order valence-corrected chi connectivity index (χ2v) is 6.04. The summed E-state index contributed by atoms with van der Waals surface area (Å²) in [5.41, 5.74) is 2.52. The molecular formula is C15H20N2. The minimum atomic E-state index is -0.0923. The summed E-state index contributed by atoms with van der Waals surface area (Å²) in [7, 11) is 0. The van der Waals surface area contributed by atoms with Crippen LogP contribution in [0.5, 0.6) is 0 Å². The quantitative estimate of drug-likeness (QED) is 0.856. The Morgan fingerprint density at radius 2 is 1.94 bits per heavy atom. The van der Waals surface area contributed by atoms with E-state index >= 15 is 0 Å². The molecule has 0 amide bonds. The van der Waals surface area contributed by atoms with Gasteiger partial charge in [0.1, 0.15) is 0 Å². The fraction of sp³-hybridized carbons (Fsp3) is 0.533. The fourth-order valence-electron chi connectivity index (χ4n) is 2.03. The summed E-state index contributed by atoms with van der Waals surface area (Å²) in [6.45, 7) is 7.41. The number of nitriles is 1. The number of nitrogens with one attached hydrogen (secondary N) is 1. The molecule has 1 N–H and O–H groups in total. The molecule has 1 aromatic carbocycles. The van der Waals surface area contributed by atoms with Gasteiger partial charge in [-0.25, -0.2) is 0 Å². The number of benzene rings is 1. The molecule has 90 valence electrons. The van der Waals surface area contributed by atoms with E-state index < -0.39 is 0 Å². The molecule has 17 heavy (non-hydrogen) atoms.